The zero-order valence-corrected chi connectivity index (χ0v) is 17.1. The van der Waals surface area contributed by atoms with E-state index in [1.54, 1.807) is 38.5 Å². The molecule has 3 aromatic rings. The van der Waals surface area contributed by atoms with E-state index in [-0.39, 0.29) is 17.4 Å². The van der Waals surface area contributed by atoms with E-state index in [4.69, 9.17) is 9.47 Å². The van der Waals surface area contributed by atoms with Gasteiger partial charge < -0.3 is 9.47 Å². The third-order valence-corrected chi connectivity index (χ3v) is 5.60. The molecule has 31 heavy (non-hydrogen) atoms. The number of ether oxygens (including phenoxy) is 2. The maximum atomic E-state index is 13.7. The molecular weight excluding hydrogens is 394 g/mol. The highest BCUT2D eigenvalue weighted by Crippen LogP contribution is 2.45. The third kappa shape index (κ3) is 3.80. The first-order chi connectivity index (χ1) is 15.0. The van der Waals surface area contributed by atoms with Gasteiger partial charge >= 0.3 is 0 Å². The molecule has 1 aliphatic rings. The minimum atomic E-state index is -0.510. The standard InChI is InChI=1S/C25H21NO5/c1-30-22-14-18-10-13-20(16-8-11-19(12-9-16)26(28)29)24(21(18)15-23(22)31-2)25(27)17-6-4-3-5-7-17/h3-15,20,24H,1-2H3/t20-,24-/m0/s1. The van der Waals surface area contributed by atoms with Crippen LogP contribution in [0.4, 0.5) is 5.69 Å². The zero-order chi connectivity index (χ0) is 22.0. The van der Waals surface area contributed by atoms with Crippen molar-refractivity contribution in [3.8, 4) is 11.5 Å². The Kier molecular flexibility index (Phi) is 5.54. The lowest BCUT2D eigenvalue weighted by molar-refractivity contribution is -0.384. The van der Waals surface area contributed by atoms with Crippen molar-refractivity contribution in [3.05, 3.63) is 105 Å². The number of carbonyl (C=O) groups excluding carboxylic acids is 1. The van der Waals surface area contributed by atoms with Gasteiger partial charge in [0.25, 0.3) is 5.69 Å². The molecule has 0 saturated carbocycles. The number of methoxy groups -OCH3 is 2. The average molecular weight is 415 g/mol. The summed E-state index contributed by atoms with van der Waals surface area (Å²) in [6.07, 6.45) is 3.93. The minimum absolute atomic E-state index is 0.0151. The average Bonchev–Trinajstić information content (AvgIpc) is 2.82. The summed E-state index contributed by atoms with van der Waals surface area (Å²) in [5.41, 5.74) is 3.16. The number of hydrogen-bond acceptors (Lipinski definition) is 5. The van der Waals surface area contributed by atoms with Crippen molar-refractivity contribution in [2.24, 2.45) is 0 Å². The zero-order valence-electron chi connectivity index (χ0n) is 17.1. The number of allylic oxidation sites excluding steroid dienone is 1. The Morgan fingerprint density at radius 1 is 0.935 bits per heavy atom. The van der Waals surface area contributed by atoms with Crippen LogP contribution < -0.4 is 9.47 Å². The van der Waals surface area contributed by atoms with Gasteiger partial charge in [0.05, 0.1) is 25.1 Å². The molecule has 0 fully saturated rings. The number of nitro benzene ring substituents is 1. The fourth-order valence-corrected chi connectivity index (χ4v) is 4.04. The summed E-state index contributed by atoms with van der Waals surface area (Å²) in [6.45, 7) is 0. The van der Waals surface area contributed by atoms with Crippen molar-refractivity contribution >= 4 is 17.5 Å². The Bertz CT molecular complexity index is 1150. The molecule has 6 nitrogen and oxygen atoms in total. The highest BCUT2D eigenvalue weighted by atomic mass is 16.6. The second-order valence-corrected chi connectivity index (χ2v) is 7.28. The van der Waals surface area contributed by atoms with Crippen LogP contribution >= 0.6 is 0 Å². The highest BCUT2D eigenvalue weighted by molar-refractivity contribution is 6.03. The smallest absolute Gasteiger partial charge is 0.269 e. The van der Waals surface area contributed by atoms with Gasteiger partial charge in [0.15, 0.2) is 17.3 Å². The van der Waals surface area contributed by atoms with Crippen LogP contribution in [0.15, 0.2) is 72.8 Å². The number of benzene rings is 3. The van der Waals surface area contributed by atoms with Gasteiger partial charge in [-0.3, -0.25) is 14.9 Å². The molecule has 0 aromatic heterocycles. The van der Waals surface area contributed by atoms with Crippen LogP contribution in [-0.2, 0) is 0 Å². The molecule has 4 rings (SSSR count). The predicted molar refractivity (Wildman–Crippen MR) is 118 cm³/mol. The quantitative estimate of drug-likeness (QED) is 0.306. The van der Waals surface area contributed by atoms with Crippen LogP contribution in [0.1, 0.15) is 38.9 Å². The Morgan fingerprint density at radius 3 is 2.19 bits per heavy atom. The summed E-state index contributed by atoms with van der Waals surface area (Å²) in [5, 5.41) is 11.1. The van der Waals surface area contributed by atoms with Crippen LogP contribution in [0, 0.1) is 10.1 Å². The van der Waals surface area contributed by atoms with Gasteiger partial charge in [-0.15, -0.1) is 0 Å². The number of nitrogens with zero attached hydrogens (tertiary/aromatic N) is 1. The summed E-state index contributed by atoms with van der Waals surface area (Å²) >= 11 is 0. The predicted octanol–water partition coefficient (Wildman–Crippen LogP) is 5.39. The van der Waals surface area contributed by atoms with E-state index < -0.39 is 10.8 Å². The maximum absolute atomic E-state index is 13.7. The van der Waals surface area contributed by atoms with E-state index in [9.17, 15) is 14.9 Å². The molecule has 0 saturated heterocycles. The number of rotatable bonds is 6. The first-order valence-corrected chi connectivity index (χ1v) is 9.81. The Morgan fingerprint density at radius 2 is 1.58 bits per heavy atom. The van der Waals surface area contributed by atoms with Gasteiger partial charge in [-0.2, -0.15) is 0 Å². The molecule has 0 radical (unpaired) electrons. The number of carbonyl (C=O) groups is 1. The van der Waals surface area contributed by atoms with Crippen molar-refractivity contribution in [2.75, 3.05) is 14.2 Å². The number of ketones is 1. The van der Waals surface area contributed by atoms with Crippen LogP contribution in [-0.4, -0.2) is 24.9 Å². The van der Waals surface area contributed by atoms with Gasteiger partial charge in [-0.1, -0.05) is 54.6 Å². The van der Waals surface area contributed by atoms with Crippen molar-refractivity contribution in [1.29, 1.82) is 0 Å². The molecular formula is C25H21NO5. The number of Topliss-reactive ketones (excluding diaryl/α,β-unsaturated/α-hetero) is 1. The minimum Gasteiger partial charge on any atom is -0.493 e. The van der Waals surface area contributed by atoms with Crippen LogP contribution in [0.2, 0.25) is 0 Å². The van der Waals surface area contributed by atoms with E-state index >= 15 is 0 Å². The third-order valence-electron chi connectivity index (χ3n) is 5.60. The molecule has 3 aromatic carbocycles. The van der Waals surface area contributed by atoms with Crippen LogP contribution in [0.3, 0.4) is 0 Å². The Hall–Kier alpha value is -3.93. The summed E-state index contributed by atoms with van der Waals surface area (Å²) < 4.78 is 10.9. The molecule has 0 spiro atoms. The van der Waals surface area contributed by atoms with Crippen molar-refractivity contribution in [3.63, 3.8) is 0 Å². The fourth-order valence-electron chi connectivity index (χ4n) is 4.04. The second kappa shape index (κ2) is 8.44. The maximum Gasteiger partial charge on any atom is 0.269 e. The molecule has 1 aliphatic carbocycles. The number of fused-ring (bicyclic) bond motifs is 1. The SMILES string of the molecule is COc1cc2c(cc1OC)[C@@H](C(=O)c1ccccc1)[C@H](c1ccc([N+](=O)[O-])cc1)C=C2. The molecule has 0 bridgehead atoms. The van der Waals surface area contributed by atoms with Crippen molar-refractivity contribution < 1.29 is 19.2 Å². The lowest BCUT2D eigenvalue weighted by atomic mass is 9.72. The number of nitro groups is 1. The second-order valence-electron chi connectivity index (χ2n) is 7.28. The van der Waals surface area contributed by atoms with Crippen molar-refractivity contribution in [1.82, 2.24) is 0 Å². The molecule has 0 amide bonds. The normalized spacial score (nSPS) is 17.0. The molecule has 156 valence electrons. The van der Waals surface area contributed by atoms with E-state index in [1.165, 1.54) is 12.1 Å². The van der Waals surface area contributed by atoms with Crippen LogP contribution in [0.25, 0.3) is 6.08 Å². The van der Waals surface area contributed by atoms with Crippen molar-refractivity contribution in [2.45, 2.75) is 11.8 Å². The van der Waals surface area contributed by atoms with E-state index in [0.29, 0.717) is 17.1 Å². The number of non-ortho nitro benzene ring substituents is 1. The topological polar surface area (TPSA) is 78.7 Å². The van der Waals surface area contributed by atoms with E-state index in [0.717, 1.165) is 16.7 Å². The Labute approximate surface area is 179 Å². The number of hydrogen-bond donors (Lipinski definition) is 0. The first-order valence-electron chi connectivity index (χ1n) is 9.81. The molecule has 6 heteroatoms. The highest BCUT2D eigenvalue weighted by Gasteiger charge is 2.35. The van der Waals surface area contributed by atoms with Gasteiger partial charge in [0.1, 0.15) is 0 Å². The van der Waals surface area contributed by atoms with Gasteiger partial charge in [-0.25, -0.2) is 0 Å². The summed E-state index contributed by atoms with van der Waals surface area (Å²) in [6, 6.07) is 19.2. The lowest BCUT2D eigenvalue weighted by Gasteiger charge is -2.30. The van der Waals surface area contributed by atoms with E-state index in [1.807, 2.05) is 42.5 Å². The monoisotopic (exact) mass is 415 g/mol. The van der Waals surface area contributed by atoms with Gasteiger partial charge in [-0.05, 0) is 28.8 Å². The molecule has 0 aliphatic heterocycles. The summed E-state index contributed by atoms with van der Waals surface area (Å²) in [4.78, 5) is 24.3. The largest absolute Gasteiger partial charge is 0.493 e. The van der Waals surface area contributed by atoms with Gasteiger partial charge in [0, 0.05) is 23.6 Å². The first kappa shape index (κ1) is 20.3. The molecule has 0 N–H and O–H groups in total. The molecule has 0 heterocycles. The summed E-state index contributed by atoms with van der Waals surface area (Å²) in [5.74, 6) is 0.319. The van der Waals surface area contributed by atoms with Crippen LogP contribution in [0.5, 0.6) is 11.5 Å². The Balaban J connectivity index is 1.86. The molecule has 0 unspecified atom stereocenters. The molecule has 2 atom stereocenters. The lowest BCUT2D eigenvalue weighted by Crippen LogP contribution is -2.23. The van der Waals surface area contributed by atoms with Gasteiger partial charge in [0.2, 0.25) is 0 Å². The van der Waals surface area contributed by atoms with E-state index in [2.05, 4.69) is 0 Å². The fraction of sp³-hybridized carbons (Fsp3) is 0.160. The summed E-state index contributed by atoms with van der Waals surface area (Å²) in [7, 11) is 3.13.